The second kappa shape index (κ2) is 12.9. The van der Waals surface area contributed by atoms with Crippen molar-refractivity contribution in [2.45, 2.75) is 26.4 Å². The lowest BCUT2D eigenvalue weighted by Gasteiger charge is -2.15. The minimum Gasteiger partial charge on any atom is -0.464 e. The molecule has 0 spiro atoms. The van der Waals surface area contributed by atoms with E-state index in [9.17, 15) is 4.79 Å². The van der Waals surface area contributed by atoms with Gasteiger partial charge in [0.25, 0.3) is 0 Å². The standard InChI is InChI=1S/C23H29NO4S/c1-4-26-22(23(25)27-5-2)17-19-8-12-20(13-9-19)24-16-6-7-18-10-14-21(15-11-18)28-29-3/h6-15,22,24H,4-5,16-17H2,1-3H3/b7-6+. The maximum absolute atomic E-state index is 12.0. The van der Waals surface area contributed by atoms with E-state index < -0.39 is 6.10 Å². The lowest BCUT2D eigenvalue weighted by atomic mass is 10.1. The second-order valence-corrected chi connectivity index (χ2v) is 6.70. The number of hydrogen-bond acceptors (Lipinski definition) is 6. The van der Waals surface area contributed by atoms with Crippen LogP contribution in [0.5, 0.6) is 5.75 Å². The van der Waals surface area contributed by atoms with E-state index in [0.717, 1.165) is 22.6 Å². The molecule has 2 rings (SSSR count). The molecule has 2 aromatic rings. The number of benzene rings is 2. The van der Waals surface area contributed by atoms with Gasteiger partial charge in [-0.15, -0.1) is 0 Å². The Labute approximate surface area is 177 Å². The molecular weight excluding hydrogens is 386 g/mol. The number of carbonyl (C=O) groups is 1. The fourth-order valence-electron chi connectivity index (χ4n) is 2.72. The molecule has 0 radical (unpaired) electrons. The summed E-state index contributed by atoms with van der Waals surface area (Å²) in [6.45, 7) is 5.22. The third-order valence-electron chi connectivity index (χ3n) is 4.09. The SMILES string of the molecule is CCOC(=O)C(Cc1ccc(NC/C=C/c2ccc(OSC)cc2)cc1)OCC. The van der Waals surface area contributed by atoms with Crippen LogP contribution in [-0.4, -0.2) is 38.1 Å². The van der Waals surface area contributed by atoms with Crippen molar-refractivity contribution in [3.05, 3.63) is 65.7 Å². The molecule has 1 N–H and O–H groups in total. The predicted octanol–water partition coefficient (Wildman–Crippen LogP) is 4.98. The highest BCUT2D eigenvalue weighted by atomic mass is 32.2. The van der Waals surface area contributed by atoms with Gasteiger partial charge in [0.05, 0.1) is 18.6 Å². The van der Waals surface area contributed by atoms with E-state index in [1.54, 1.807) is 6.92 Å². The van der Waals surface area contributed by atoms with E-state index in [-0.39, 0.29) is 5.97 Å². The van der Waals surface area contributed by atoms with Crippen molar-refractivity contribution in [1.82, 2.24) is 0 Å². The highest BCUT2D eigenvalue weighted by Gasteiger charge is 2.20. The summed E-state index contributed by atoms with van der Waals surface area (Å²) in [6.07, 6.45) is 5.97. The maximum Gasteiger partial charge on any atom is 0.335 e. The minimum absolute atomic E-state index is 0.310. The zero-order chi connectivity index (χ0) is 20.9. The summed E-state index contributed by atoms with van der Waals surface area (Å²) in [5, 5.41) is 3.36. The van der Waals surface area contributed by atoms with Crippen molar-refractivity contribution >= 4 is 29.8 Å². The Balaban J connectivity index is 1.82. The van der Waals surface area contributed by atoms with Gasteiger partial charge in [0.2, 0.25) is 0 Å². The largest absolute Gasteiger partial charge is 0.464 e. The van der Waals surface area contributed by atoms with Crippen molar-refractivity contribution in [1.29, 1.82) is 0 Å². The molecule has 2 aromatic carbocycles. The van der Waals surface area contributed by atoms with Crippen molar-refractivity contribution in [2.75, 3.05) is 31.3 Å². The zero-order valence-corrected chi connectivity index (χ0v) is 18.0. The van der Waals surface area contributed by atoms with Crippen LogP contribution in [0, 0.1) is 0 Å². The first-order chi connectivity index (χ1) is 14.2. The first kappa shape index (κ1) is 22.8. The van der Waals surface area contributed by atoms with Gasteiger partial charge in [0, 0.05) is 31.5 Å². The molecule has 0 aromatic heterocycles. The van der Waals surface area contributed by atoms with Gasteiger partial charge in [-0.2, -0.15) is 0 Å². The molecule has 0 aliphatic rings. The van der Waals surface area contributed by atoms with Crippen molar-refractivity contribution in [3.8, 4) is 5.75 Å². The number of ether oxygens (including phenoxy) is 2. The molecule has 0 saturated carbocycles. The first-order valence-corrected chi connectivity index (χ1v) is 10.9. The Morgan fingerprint density at radius 1 is 1.07 bits per heavy atom. The summed E-state index contributed by atoms with van der Waals surface area (Å²) in [5.74, 6) is 0.539. The molecular formula is C23H29NO4S. The molecule has 6 heteroatoms. The van der Waals surface area contributed by atoms with E-state index in [0.29, 0.717) is 26.2 Å². The minimum atomic E-state index is -0.561. The van der Waals surface area contributed by atoms with Crippen LogP contribution >= 0.6 is 12.0 Å². The Kier molecular flexibility index (Phi) is 10.2. The summed E-state index contributed by atoms with van der Waals surface area (Å²) in [7, 11) is 0. The average molecular weight is 416 g/mol. The molecule has 5 nitrogen and oxygen atoms in total. The monoisotopic (exact) mass is 415 g/mol. The molecule has 0 saturated heterocycles. The number of esters is 1. The molecule has 0 aliphatic carbocycles. The summed E-state index contributed by atoms with van der Waals surface area (Å²) < 4.78 is 16.0. The summed E-state index contributed by atoms with van der Waals surface area (Å²) in [5.41, 5.74) is 3.17. The summed E-state index contributed by atoms with van der Waals surface area (Å²) >= 11 is 1.33. The molecule has 1 unspecified atom stereocenters. The fourth-order valence-corrected chi connectivity index (χ4v) is 3.03. The van der Waals surface area contributed by atoms with Crippen LogP contribution in [0.15, 0.2) is 54.6 Å². The summed E-state index contributed by atoms with van der Waals surface area (Å²) in [6, 6.07) is 16.0. The number of hydrogen-bond donors (Lipinski definition) is 1. The van der Waals surface area contributed by atoms with E-state index in [4.69, 9.17) is 13.7 Å². The van der Waals surface area contributed by atoms with Crippen LogP contribution in [0.3, 0.4) is 0 Å². The van der Waals surface area contributed by atoms with Gasteiger partial charge in [0.15, 0.2) is 6.10 Å². The van der Waals surface area contributed by atoms with Crippen LogP contribution in [0.2, 0.25) is 0 Å². The Morgan fingerprint density at radius 2 is 1.79 bits per heavy atom. The normalized spacial score (nSPS) is 12.0. The first-order valence-electron chi connectivity index (χ1n) is 9.74. The van der Waals surface area contributed by atoms with Gasteiger partial charge in [-0.25, -0.2) is 4.79 Å². The smallest absolute Gasteiger partial charge is 0.335 e. The van der Waals surface area contributed by atoms with Crippen LogP contribution < -0.4 is 9.50 Å². The average Bonchev–Trinajstić information content (AvgIpc) is 2.73. The third-order valence-corrected chi connectivity index (χ3v) is 4.45. The molecule has 0 fully saturated rings. The molecule has 0 bridgehead atoms. The van der Waals surface area contributed by atoms with Gasteiger partial charge >= 0.3 is 5.97 Å². The second-order valence-electron chi connectivity index (χ2n) is 6.20. The Bertz CT molecular complexity index is 759. The molecule has 0 heterocycles. The zero-order valence-electron chi connectivity index (χ0n) is 17.2. The Morgan fingerprint density at radius 3 is 2.41 bits per heavy atom. The lowest BCUT2D eigenvalue weighted by Crippen LogP contribution is -2.28. The lowest BCUT2D eigenvalue weighted by molar-refractivity contribution is -0.156. The van der Waals surface area contributed by atoms with Crippen molar-refractivity contribution < 1.29 is 18.5 Å². The molecule has 1 atom stereocenters. The van der Waals surface area contributed by atoms with E-state index in [2.05, 4.69) is 17.5 Å². The van der Waals surface area contributed by atoms with Gasteiger partial charge in [-0.1, -0.05) is 36.4 Å². The van der Waals surface area contributed by atoms with Crippen LogP contribution in [0.25, 0.3) is 6.08 Å². The van der Waals surface area contributed by atoms with E-state index in [1.807, 2.05) is 61.7 Å². The van der Waals surface area contributed by atoms with Crippen molar-refractivity contribution in [2.24, 2.45) is 0 Å². The topological polar surface area (TPSA) is 56.8 Å². The van der Waals surface area contributed by atoms with Crippen LogP contribution in [0.4, 0.5) is 5.69 Å². The number of rotatable bonds is 12. The van der Waals surface area contributed by atoms with Crippen molar-refractivity contribution in [3.63, 3.8) is 0 Å². The van der Waals surface area contributed by atoms with E-state index >= 15 is 0 Å². The van der Waals surface area contributed by atoms with Gasteiger partial charge in [-0.05, 0) is 49.2 Å². The quantitative estimate of drug-likeness (QED) is 0.390. The highest BCUT2D eigenvalue weighted by Crippen LogP contribution is 2.17. The molecule has 0 aliphatic heterocycles. The van der Waals surface area contributed by atoms with E-state index in [1.165, 1.54) is 12.0 Å². The predicted molar refractivity (Wildman–Crippen MR) is 120 cm³/mol. The van der Waals surface area contributed by atoms with Gasteiger partial charge in [0.1, 0.15) is 5.75 Å². The highest BCUT2D eigenvalue weighted by molar-refractivity contribution is 7.94. The van der Waals surface area contributed by atoms with Gasteiger partial charge < -0.3 is 19.0 Å². The number of carbonyl (C=O) groups excluding carboxylic acids is 1. The molecule has 156 valence electrons. The van der Waals surface area contributed by atoms with Crippen LogP contribution in [0.1, 0.15) is 25.0 Å². The van der Waals surface area contributed by atoms with Crippen LogP contribution in [-0.2, 0) is 20.7 Å². The molecule has 0 amide bonds. The maximum atomic E-state index is 12.0. The summed E-state index contributed by atoms with van der Waals surface area (Å²) in [4.78, 5) is 12.0. The fraction of sp³-hybridized carbons (Fsp3) is 0.348. The number of nitrogens with one attached hydrogen (secondary N) is 1. The van der Waals surface area contributed by atoms with Gasteiger partial charge in [-0.3, -0.25) is 0 Å². The molecule has 29 heavy (non-hydrogen) atoms. The Hall–Kier alpha value is -2.44. The third kappa shape index (κ3) is 8.21. The number of anilines is 1.